The van der Waals surface area contributed by atoms with Gasteiger partial charge in [-0.1, -0.05) is 35.9 Å². The van der Waals surface area contributed by atoms with Gasteiger partial charge in [0, 0.05) is 19.2 Å². The van der Waals surface area contributed by atoms with Crippen molar-refractivity contribution in [3.8, 4) is 0 Å². The molecule has 1 aliphatic heterocycles. The van der Waals surface area contributed by atoms with Crippen LogP contribution in [0.25, 0.3) is 0 Å². The van der Waals surface area contributed by atoms with E-state index in [9.17, 15) is 14.9 Å². The van der Waals surface area contributed by atoms with E-state index in [-0.39, 0.29) is 11.6 Å². The Kier molecular flexibility index (Phi) is 4.70. The summed E-state index contributed by atoms with van der Waals surface area (Å²) >= 11 is 0. The van der Waals surface area contributed by atoms with Crippen molar-refractivity contribution in [2.75, 3.05) is 11.9 Å². The Morgan fingerprint density at radius 3 is 2.52 bits per heavy atom. The molecule has 1 fully saturated rings. The van der Waals surface area contributed by atoms with Crippen LogP contribution in [-0.4, -0.2) is 28.3 Å². The maximum absolute atomic E-state index is 12.6. The van der Waals surface area contributed by atoms with Gasteiger partial charge >= 0.3 is 0 Å². The third-order valence-corrected chi connectivity index (χ3v) is 4.47. The highest BCUT2D eigenvalue weighted by molar-refractivity contribution is 5.87. The summed E-state index contributed by atoms with van der Waals surface area (Å²) in [5.41, 5.74) is 3.58. The second kappa shape index (κ2) is 6.93. The van der Waals surface area contributed by atoms with Gasteiger partial charge in [0.25, 0.3) is 5.69 Å². The molecular weight excluding hydrogens is 318 g/mol. The normalized spacial score (nSPS) is 17.0. The van der Waals surface area contributed by atoms with Gasteiger partial charge in [0.05, 0.1) is 4.92 Å². The summed E-state index contributed by atoms with van der Waals surface area (Å²) in [5.74, 6) is -0.0172. The van der Waals surface area contributed by atoms with Crippen molar-refractivity contribution in [1.29, 1.82) is 0 Å². The quantitative estimate of drug-likeness (QED) is 0.669. The molecule has 3 rings (SSSR count). The van der Waals surface area contributed by atoms with Crippen LogP contribution in [0.2, 0.25) is 0 Å². The van der Waals surface area contributed by atoms with Gasteiger partial charge in [0.2, 0.25) is 5.91 Å². The lowest BCUT2D eigenvalue weighted by molar-refractivity contribution is -0.384. The molecule has 0 saturated carbocycles. The van der Waals surface area contributed by atoms with Crippen molar-refractivity contribution in [2.45, 2.75) is 32.9 Å². The van der Waals surface area contributed by atoms with Crippen molar-refractivity contribution in [2.24, 2.45) is 0 Å². The fraction of sp³-hybridized carbons (Fsp3) is 0.316. The molecule has 0 aromatic heterocycles. The lowest BCUT2D eigenvalue weighted by Gasteiger charge is -2.18. The molecular formula is C19H21N3O3. The summed E-state index contributed by atoms with van der Waals surface area (Å²) in [7, 11) is 0. The molecule has 1 amide bonds. The number of hydrogen-bond acceptors (Lipinski definition) is 4. The highest BCUT2D eigenvalue weighted by Crippen LogP contribution is 2.28. The minimum Gasteiger partial charge on any atom is -0.368 e. The van der Waals surface area contributed by atoms with Gasteiger partial charge in [-0.15, -0.1) is 0 Å². The predicted molar refractivity (Wildman–Crippen MR) is 96.5 cm³/mol. The van der Waals surface area contributed by atoms with E-state index < -0.39 is 11.0 Å². The number of nitrogens with one attached hydrogen (secondary N) is 1. The van der Waals surface area contributed by atoms with Gasteiger partial charge in [-0.2, -0.15) is 0 Å². The van der Waals surface area contributed by atoms with Crippen molar-refractivity contribution < 1.29 is 9.72 Å². The zero-order valence-electron chi connectivity index (χ0n) is 14.4. The third kappa shape index (κ3) is 3.79. The number of carbonyl (C=O) groups excluding carboxylic acids is 1. The van der Waals surface area contributed by atoms with Crippen LogP contribution >= 0.6 is 0 Å². The molecule has 1 heterocycles. The first-order valence-electron chi connectivity index (χ1n) is 8.30. The van der Waals surface area contributed by atoms with Crippen LogP contribution in [0.1, 0.15) is 23.1 Å². The molecule has 2 aromatic carbocycles. The maximum Gasteiger partial charge on any atom is 0.292 e. The van der Waals surface area contributed by atoms with Gasteiger partial charge in [0.15, 0.2) is 0 Å². The van der Waals surface area contributed by atoms with Crippen LogP contribution in [0.3, 0.4) is 0 Å². The second-order valence-electron chi connectivity index (χ2n) is 6.51. The van der Waals surface area contributed by atoms with E-state index in [1.807, 2.05) is 38.1 Å². The number of nitro benzene ring substituents is 1. The van der Waals surface area contributed by atoms with Crippen molar-refractivity contribution in [1.82, 2.24) is 4.90 Å². The average molecular weight is 339 g/mol. The lowest BCUT2D eigenvalue weighted by Crippen LogP contribution is -2.33. The zero-order valence-corrected chi connectivity index (χ0v) is 14.4. The molecule has 6 heteroatoms. The number of carbonyl (C=O) groups is 1. The van der Waals surface area contributed by atoms with Crippen LogP contribution in [0, 0.1) is 24.0 Å². The molecule has 0 bridgehead atoms. The molecule has 1 saturated heterocycles. The third-order valence-electron chi connectivity index (χ3n) is 4.47. The van der Waals surface area contributed by atoms with Crippen LogP contribution in [0.4, 0.5) is 11.4 Å². The monoisotopic (exact) mass is 339 g/mol. The van der Waals surface area contributed by atoms with Gasteiger partial charge in [-0.25, -0.2) is 0 Å². The Balaban J connectivity index is 1.71. The summed E-state index contributed by atoms with van der Waals surface area (Å²) in [6.45, 7) is 5.10. The maximum atomic E-state index is 12.6. The lowest BCUT2D eigenvalue weighted by atomic mass is 10.1. The molecule has 1 aliphatic rings. The van der Waals surface area contributed by atoms with Gasteiger partial charge < -0.3 is 10.2 Å². The highest BCUT2D eigenvalue weighted by atomic mass is 16.6. The number of amides is 1. The van der Waals surface area contributed by atoms with Crippen LogP contribution in [-0.2, 0) is 11.3 Å². The van der Waals surface area contributed by atoms with Gasteiger partial charge in [-0.05, 0) is 37.5 Å². The largest absolute Gasteiger partial charge is 0.368 e. The summed E-state index contributed by atoms with van der Waals surface area (Å²) < 4.78 is 0. The molecule has 1 atom stereocenters. The highest BCUT2D eigenvalue weighted by Gasteiger charge is 2.32. The van der Waals surface area contributed by atoms with Crippen molar-refractivity contribution in [3.63, 3.8) is 0 Å². The average Bonchev–Trinajstić information content (AvgIpc) is 2.90. The van der Waals surface area contributed by atoms with E-state index in [4.69, 9.17) is 0 Å². The van der Waals surface area contributed by atoms with Gasteiger partial charge in [-0.3, -0.25) is 14.9 Å². The topological polar surface area (TPSA) is 75.5 Å². The summed E-state index contributed by atoms with van der Waals surface area (Å²) in [6, 6.07) is 12.6. The Bertz CT molecular complexity index is 802. The molecule has 130 valence electrons. The van der Waals surface area contributed by atoms with E-state index in [2.05, 4.69) is 5.32 Å². The van der Waals surface area contributed by atoms with Crippen molar-refractivity contribution in [3.05, 3.63) is 69.3 Å². The molecule has 25 heavy (non-hydrogen) atoms. The fourth-order valence-electron chi connectivity index (χ4n) is 3.06. The number of likely N-dealkylation sites (tertiary alicyclic amines) is 1. The second-order valence-corrected chi connectivity index (χ2v) is 6.51. The first-order valence-corrected chi connectivity index (χ1v) is 8.30. The molecule has 1 N–H and O–H groups in total. The minimum atomic E-state index is -0.425. The number of nitro groups is 1. The number of hydrogen-bond donors (Lipinski definition) is 1. The first kappa shape index (κ1) is 17.0. The number of anilines is 1. The minimum absolute atomic E-state index is 0.00427. The predicted octanol–water partition coefficient (Wildman–Crippen LogP) is 3.42. The van der Waals surface area contributed by atoms with Gasteiger partial charge in [0.1, 0.15) is 11.7 Å². The SMILES string of the molecule is Cc1ccc(CN2CCC(Nc3cc(C)ccc3[N+](=O)[O-])C2=O)cc1. The molecule has 0 radical (unpaired) electrons. The summed E-state index contributed by atoms with van der Waals surface area (Å²) in [6.07, 6.45) is 0.635. The van der Waals surface area contributed by atoms with Crippen LogP contribution < -0.4 is 5.32 Å². The molecule has 0 spiro atoms. The van der Waals surface area contributed by atoms with E-state index >= 15 is 0 Å². The first-order chi connectivity index (χ1) is 11.9. The number of rotatable bonds is 5. The Labute approximate surface area is 146 Å². The van der Waals surface area contributed by atoms with Crippen LogP contribution in [0.15, 0.2) is 42.5 Å². The van der Waals surface area contributed by atoms with Crippen LogP contribution in [0.5, 0.6) is 0 Å². The van der Waals surface area contributed by atoms with E-state index in [0.717, 1.165) is 11.1 Å². The summed E-state index contributed by atoms with van der Waals surface area (Å²) in [4.78, 5) is 25.2. The number of nitrogens with zero attached hydrogens (tertiary/aromatic N) is 2. The zero-order chi connectivity index (χ0) is 18.0. The van der Waals surface area contributed by atoms with E-state index in [1.54, 1.807) is 17.0 Å². The molecule has 2 aromatic rings. The Morgan fingerprint density at radius 2 is 1.84 bits per heavy atom. The molecule has 1 unspecified atom stereocenters. The Morgan fingerprint density at radius 1 is 1.16 bits per heavy atom. The fourth-order valence-corrected chi connectivity index (χ4v) is 3.06. The standard InChI is InChI=1S/C19H21N3O3/c1-13-3-6-15(7-4-13)12-21-10-9-16(19(21)23)20-17-11-14(2)5-8-18(17)22(24)25/h3-8,11,16,20H,9-10,12H2,1-2H3. The smallest absolute Gasteiger partial charge is 0.292 e. The molecule has 0 aliphatic carbocycles. The number of aryl methyl sites for hydroxylation is 2. The number of benzene rings is 2. The van der Waals surface area contributed by atoms with E-state index in [0.29, 0.717) is 25.2 Å². The Hall–Kier alpha value is -2.89. The van der Waals surface area contributed by atoms with Crippen molar-refractivity contribution >= 4 is 17.3 Å². The molecule has 6 nitrogen and oxygen atoms in total. The summed E-state index contributed by atoms with van der Waals surface area (Å²) in [5, 5.41) is 14.3. The van der Waals surface area contributed by atoms with E-state index in [1.165, 1.54) is 11.6 Å².